The van der Waals surface area contributed by atoms with Gasteiger partial charge in [-0.05, 0) is 81.4 Å². The number of hydrogen-bond donors (Lipinski definition) is 0. The number of unbranched alkanes of at least 4 members (excludes halogenated alkanes) is 1. The number of carbonyl (C=O) groups excluding carboxylic acids is 1. The second kappa shape index (κ2) is 10.7. The van der Waals surface area contributed by atoms with Crippen molar-refractivity contribution in [2.24, 2.45) is 0 Å². The minimum Gasteiger partial charge on any atom is -0.487 e. The molecule has 2 heterocycles. The Labute approximate surface area is 202 Å². The largest absolute Gasteiger partial charge is 0.487 e. The van der Waals surface area contributed by atoms with Gasteiger partial charge in [-0.1, -0.05) is 26.7 Å². The first-order chi connectivity index (χ1) is 15.6. The van der Waals surface area contributed by atoms with E-state index >= 15 is 0 Å². The van der Waals surface area contributed by atoms with Gasteiger partial charge in [0.25, 0.3) is 0 Å². The second-order valence-electron chi connectivity index (χ2n) is 9.73. The van der Waals surface area contributed by atoms with Crippen molar-refractivity contribution in [3.8, 4) is 17.6 Å². The van der Waals surface area contributed by atoms with Gasteiger partial charge in [-0.3, -0.25) is 4.79 Å². The second-order valence-corrected chi connectivity index (χ2v) is 11.0. The predicted octanol–water partition coefficient (Wildman–Crippen LogP) is 6.91. The van der Waals surface area contributed by atoms with Gasteiger partial charge in [0, 0.05) is 28.9 Å². The van der Waals surface area contributed by atoms with Gasteiger partial charge in [-0.15, -0.1) is 11.8 Å². The van der Waals surface area contributed by atoms with Gasteiger partial charge in [0.05, 0.1) is 6.61 Å². The topological polar surface area (TPSA) is 48.7 Å². The molecule has 0 saturated carbocycles. The van der Waals surface area contributed by atoms with Gasteiger partial charge >= 0.3 is 5.97 Å². The summed E-state index contributed by atoms with van der Waals surface area (Å²) < 4.78 is 17.2. The van der Waals surface area contributed by atoms with Crippen LogP contribution in [0, 0.1) is 11.8 Å². The molecule has 0 N–H and O–H groups in total. The SMILES string of the molecule is CCOC(=O)CCCCc1ccc(C#Cc2cc3c(cc2SCC)OC(C)(C)CC3(C)C)o1. The van der Waals surface area contributed by atoms with Crippen molar-refractivity contribution in [3.63, 3.8) is 0 Å². The van der Waals surface area contributed by atoms with Crippen molar-refractivity contribution < 1.29 is 18.7 Å². The fourth-order valence-corrected chi connectivity index (χ4v) is 5.32. The van der Waals surface area contributed by atoms with Crippen molar-refractivity contribution in [1.29, 1.82) is 0 Å². The zero-order chi connectivity index (χ0) is 24.1. The van der Waals surface area contributed by atoms with Gasteiger partial charge in [0.15, 0.2) is 5.76 Å². The number of furan rings is 1. The summed E-state index contributed by atoms with van der Waals surface area (Å²) in [5.41, 5.74) is 2.07. The van der Waals surface area contributed by atoms with Crippen LogP contribution in [0.3, 0.4) is 0 Å². The van der Waals surface area contributed by atoms with Crippen LogP contribution >= 0.6 is 11.8 Å². The molecule has 0 radical (unpaired) electrons. The maximum atomic E-state index is 11.4. The smallest absolute Gasteiger partial charge is 0.305 e. The Bertz CT molecular complexity index is 1040. The molecule has 0 spiro atoms. The molecule has 4 nitrogen and oxygen atoms in total. The van der Waals surface area contributed by atoms with Crippen LogP contribution in [0.15, 0.2) is 33.6 Å². The molecule has 178 valence electrons. The summed E-state index contributed by atoms with van der Waals surface area (Å²) in [5.74, 6) is 9.93. The molecule has 0 unspecified atom stereocenters. The van der Waals surface area contributed by atoms with Gasteiger partial charge < -0.3 is 13.9 Å². The summed E-state index contributed by atoms with van der Waals surface area (Å²) in [6, 6.07) is 8.26. The fourth-order valence-electron chi connectivity index (χ4n) is 4.55. The normalized spacial score (nSPS) is 15.7. The minimum atomic E-state index is -0.182. The van der Waals surface area contributed by atoms with E-state index in [2.05, 4.69) is 58.6 Å². The van der Waals surface area contributed by atoms with Crippen LogP contribution in [-0.4, -0.2) is 23.9 Å². The van der Waals surface area contributed by atoms with Crippen molar-refractivity contribution in [1.82, 2.24) is 0 Å². The van der Waals surface area contributed by atoms with E-state index in [1.807, 2.05) is 19.1 Å². The Hall–Kier alpha value is -2.32. The Morgan fingerprint density at radius 3 is 2.64 bits per heavy atom. The third-order valence-electron chi connectivity index (χ3n) is 5.71. The van der Waals surface area contributed by atoms with Crippen molar-refractivity contribution >= 4 is 17.7 Å². The lowest BCUT2D eigenvalue weighted by Crippen LogP contribution is -2.41. The monoisotopic (exact) mass is 468 g/mol. The lowest BCUT2D eigenvalue weighted by Gasteiger charge is -2.42. The number of carbonyl (C=O) groups is 1. The molecule has 0 saturated heterocycles. The van der Waals surface area contributed by atoms with Crippen molar-refractivity contribution in [2.75, 3.05) is 12.4 Å². The molecular formula is C28H36O4S. The van der Waals surface area contributed by atoms with Gasteiger partial charge in [0.1, 0.15) is 17.1 Å². The van der Waals surface area contributed by atoms with E-state index in [1.165, 1.54) is 5.56 Å². The first-order valence-corrected chi connectivity index (χ1v) is 12.9. The maximum absolute atomic E-state index is 11.4. The van der Waals surface area contributed by atoms with Crippen LogP contribution in [0.5, 0.6) is 5.75 Å². The number of thioether (sulfide) groups is 1. The molecule has 1 aromatic heterocycles. The van der Waals surface area contributed by atoms with E-state index in [0.29, 0.717) is 18.8 Å². The molecule has 2 aromatic rings. The Morgan fingerprint density at radius 1 is 1.12 bits per heavy atom. The summed E-state index contributed by atoms with van der Waals surface area (Å²) in [6.07, 6.45) is 3.87. The lowest BCUT2D eigenvalue weighted by atomic mass is 9.73. The molecular weight excluding hydrogens is 432 g/mol. The van der Waals surface area contributed by atoms with E-state index in [4.69, 9.17) is 13.9 Å². The zero-order valence-corrected chi connectivity index (χ0v) is 21.6. The summed E-state index contributed by atoms with van der Waals surface area (Å²) in [4.78, 5) is 12.6. The van der Waals surface area contributed by atoms with Gasteiger partial charge in [0.2, 0.25) is 0 Å². The first kappa shape index (κ1) is 25.3. The summed E-state index contributed by atoms with van der Waals surface area (Å²) >= 11 is 1.78. The minimum absolute atomic E-state index is 0.0182. The number of rotatable bonds is 8. The number of benzene rings is 1. The Morgan fingerprint density at radius 2 is 1.91 bits per heavy atom. The third-order valence-corrected chi connectivity index (χ3v) is 6.64. The highest BCUT2D eigenvalue weighted by Crippen LogP contribution is 2.46. The van der Waals surface area contributed by atoms with Crippen LogP contribution in [0.4, 0.5) is 0 Å². The molecule has 0 amide bonds. The summed E-state index contributed by atoms with van der Waals surface area (Å²) in [7, 11) is 0. The molecule has 0 aliphatic carbocycles. The van der Waals surface area contributed by atoms with Crippen LogP contribution in [-0.2, 0) is 21.4 Å². The third kappa shape index (κ3) is 6.84. The number of ether oxygens (including phenoxy) is 2. The molecule has 1 aliphatic heterocycles. The highest BCUT2D eigenvalue weighted by atomic mass is 32.2. The Balaban J connectivity index is 1.74. The average Bonchev–Trinajstić information content (AvgIpc) is 3.17. The fraction of sp³-hybridized carbons (Fsp3) is 0.536. The Kier molecular flexibility index (Phi) is 8.23. The van der Waals surface area contributed by atoms with E-state index in [1.54, 1.807) is 11.8 Å². The van der Waals surface area contributed by atoms with Crippen molar-refractivity contribution in [3.05, 3.63) is 46.9 Å². The van der Waals surface area contributed by atoms with E-state index in [9.17, 15) is 4.79 Å². The number of fused-ring (bicyclic) bond motifs is 1. The highest BCUT2D eigenvalue weighted by molar-refractivity contribution is 7.99. The van der Waals surface area contributed by atoms with E-state index in [-0.39, 0.29) is 17.0 Å². The zero-order valence-electron chi connectivity index (χ0n) is 20.8. The predicted molar refractivity (Wildman–Crippen MR) is 134 cm³/mol. The van der Waals surface area contributed by atoms with E-state index in [0.717, 1.165) is 53.4 Å². The molecule has 33 heavy (non-hydrogen) atoms. The lowest BCUT2D eigenvalue weighted by molar-refractivity contribution is -0.143. The molecule has 1 aliphatic rings. The number of esters is 1. The van der Waals surface area contributed by atoms with Crippen LogP contribution in [0.25, 0.3) is 0 Å². The molecule has 0 fully saturated rings. The van der Waals surface area contributed by atoms with Gasteiger partial charge in [-0.2, -0.15) is 0 Å². The molecule has 0 bridgehead atoms. The van der Waals surface area contributed by atoms with Crippen molar-refractivity contribution in [2.45, 2.75) is 89.6 Å². The van der Waals surface area contributed by atoms with Crippen LogP contribution in [0.1, 0.15) is 89.9 Å². The highest BCUT2D eigenvalue weighted by Gasteiger charge is 2.39. The van der Waals surface area contributed by atoms with Gasteiger partial charge in [-0.25, -0.2) is 0 Å². The number of hydrogen-bond acceptors (Lipinski definition) is 5. The number of aryl methyl sites for hydroxylation is 1. The molecule has 5 heteroatoms. The molecule has 0 atom stereocenters. The van der Waals surface area contributed by atoms with Crippen LogP contribution < -0.4 is 4.74 Å². The standard InChI is InChI=1S/C28H36O4S/c1-7-30-26(29)12-10-9-11-21-15-16-22(31-21)14-13-20-17-23-24(18-25(20)33-8-2)32-28(5,6)19-27(23,3)4/h15-18H,7-12,19H2,1-6H3. The quantitative estimate of drug-likeness (QED) is 0.182. The van der Waals surface area contributed by atoms with E-state index < -0.39 is 0 Å². The molecule has 1 aromatic carbocycles. The molecule has 3 rings (SSSR count). The maximum Gasteiger partial charge on any atom is 0.305 e. The first-order valence-electron chi connectivity index (χ1n) is 11.9. The summed E-state index contributed by atoms with van der Waals surface area (Å²) in [5, 5.41) is 0. The average molecular weight is 469 g/mol. The van der Waals surface area contributed by atoms with Crippen LogP contribution in [0.2, 0.25) is 0 Å². The summed E-state index contributed by atoms with van der Waals surface area (Å²) in [6.45, 7) is 13.3.